The van der Waals surface area contributed by atoms with Gasteiger partial charge in [-0.3, -0.25) is 0 Å². The summed E-state index contributed by atoms with van der Waals surface area (Å²) in [5, 5.41) is 0.482. The monoisotopic (exact) mass is 924 g/mol. The third-order valence-corrected chi connectivity index (χ3v) is 11.8. The molecule has 6 aromatic rings. The van der Waals surface area contributed by atoms with E-state index in [1.165, 1.54) is 0 Å². The standard InChI is InChI=1S/C51H51BrCl2O7/c1-2-56-42-25-23-36(24-26-42)29-41-30-43(45(52)49(46(41)54)57-28-27-53)47-50(59-33-39-19-11-5-12-20-39)51(60-34-40-21-13-6-14-22-40)48(58-32-38-17-9-4-10-18-38)44(61-47)35-55-31-37-15-7-3-8-16-37/h3-26,30,44,47-48,50-51H,2,27-29,31-35H2,1H3. The summed E-state index contributed by atoms with van der Waals surface area (Å²) in [6, 6.07) is 50.6. The Morgan fingerprint density at radius 2 is 1.10 bits per heavy atom. The summed E-state index contributed by atoms with van der Waals surface area (Å²) in [6.07, 6.45) is -2.66. The molecular weight excluding hydrogens is 875 g/mol. The topological polar surface area (TPSA) is 64.6 Å². The first-order valence-electron chi connectivity index (χ1n) is 20.7. The molecule has 0 amide bonds. The molecule has 0 radical (unpaired) electrons. The minimum atomic E-state index is -0.699. The van der Waals surface area contributed by atoms with Crippen molar-refractivity contribution < 1.29 is 33.2 Å². The summed E-state index contributed by atoms with van der Waals surface area (Å²) in [5.41, 5.74) is 6.80. The molecule has 0 spiro atoms. The van der Waals surface area contributed by atoms with E-state index in [0.29, 0.717) is 54.7 Å². The maximum absolute atomic E-state index is 7.30. The molecular formula is C51H51BrCl2O7. The van der Waals surface area contributed by atoms with Crippen molar-refractivity contribution in [1.82, 2.24) is 0 Å². The van der Waals surface area contributed by atoms with Gasteiger partial charge in [-0.05, 0) is 80.9 Å². The summed E-state index contributed by atoms with van der Waals surface area (Å²) in [6.45, 7) is 4.38. The van der Waals surface area contributed by atoms with Gasteiger partial charge in [0.1, 0.15) is 42.9 Å². The van der Waals surface area contributed by atoms with Gasteiger partial charge in [0.2, 0.25) is 0 Å². The van der Waals surface area contributed by atoms with E-state index in [2.05, 4.69) is 46.3 Å². The van der Waals surface area contributed by atoms with E-state index in [9.17, 15) is 0 Å². The summed E-state index contributed by atoms with van der Waals surface area (Å²) < 4.78 is 47.5. The molecule has 0 aromatic heterocycles. The van der Waals surface area contributed by atoms with Crippen molar-refractivity contribution in [2.24, 2.45) is 0 Å². The zero-order valence-corrected chi connectivity index (χ0v) is 37.3. The Labute approximate surface area is 377 Å². The zero-order chi connectivity index (χ0) is 42.2. The van der Waals surface area contributed by atoms with Gasteiger partial charge in [0.05, 0.1) is 55.0 Å². The highest BCUT2D eigenvalue weighted by Gasteiger charge is 2.50. The lowest BCUT2D eigenvalue weighted by atomic mass is 9.89. The highest BCUT2D eigenvalue weighted by molar-refractivity contribution is 9.10. The average molecular weight is 927 g/mol. The number of ether oxygens (including phenoxy) is 7. The van der Waals surface area contributed by atoms with Crippen molar-refractivity contribution in [3.8, 4) is 11.5 Å². The van der Waals surface area contributed by atoms with E-state index in [1.54, 1.807) is 0 Å². The number of benzene rings is 6. The van der Waals surface area contributed by atoms with Crippen molar-refractivity contribution in [3.63, 3.8) is 0 Å². The molecule has 1 fully saturated rings. The second-order valence-electron chi connectivity index (χ2n) is 14.8. The normalized spacial score (nSPS) is 18.8. The lowest BCUT2D eigenvalue weighted by Gasteiger charge is -2.47. The SMILES string of the molecule is CCOc1ccc(Cc2cc(C3OC(COCc4ccccc4)C(OCc4ccccc4)C(OCc4ccccc4)C3OCc3ccccc3)c(Br)c(OCCCl)c2Cl)cc1. The van der Waals surface area contributed by atoms with Gasteiger partial charge in [-0.15, -0.1) is 11.6 Å². The number of halogens is 3. The Morgan fingerprint density at radius 1 is 0.590 bits per heavy atom. The Bertz CT molecular complexity index is 2200. The molecule has 61 heavy (non-hydrogen) atoms. The minimum Gasteiger partial charge on any atom is -0.494 e. The van der Waals surface area contributed by atoms with Crippen LogP contribution in [0.25, 0.3) is 0 Å². The first-order valence-corrected chi connectivity index (χ1v) is 22.4. The molecule has 1 aliphatic heterocycles. The Balaban J connectivity index is 1.33. The van der Waals surface area contributed by atoms with Crippen LogP contribution < -0.4 is 9.47 Å². The number of hydrogen-bond donors (Lipinski definition) is 0. The van der Waals surface area contributed by atoms with E-state index >= 15 is 0 Å². The van der Waals surface area contributed by atoms with Crippen LogP contribution in [0, 0.1) is 0 Å². The van der Waals surface area contributed by atoms with Crippen LogP contribution >= 0.6 is 39.1 Å². The first-order chi connectivity index (χ1) is 30.0. The lowest BCUT2D eigenvalue weighted by molar-refractivity contribution is -0.275. The van der Waals surface area contributed by atoms with E-state index in [4.69, 9.17) is 56.4 Å². The summed E-state index contributed by atoms with van der Waals surface area (Å²) >= 11 is 17.4. The number of rotatable bonds is 21. The van der Waals surface area contributed by atoms with Crippen LogP contribution in [0.2, 0.25) is 5.02 Å². The second-order valence-corrected chi connectivity index (χ2v) is 16.3. The van der Waals surface area contributed by atoms with Crippen molar-refractivity contribution in [1.29, 1.82) is 0 Å². The quantitative estimate of drug-likeness (QED) is 0.0666. The average Bonchev–Trinajstić information content (AvgIpc) is 3.30. The van der Waals surface area contributed by atoms with Gasteiger partial charge in [-0.1, -0.05) is 145 Å². The van der Waals surface area contributed by atoms with Gasteiger partial charge in [0.15, 0.2) is 5.75 Å². The fraction of sp³-hybridized carbons (Fsp3) is 0.294. The lowest BCUT2D eigenvalue weighted by Crippen LogP contribution is -2.58. The van der Waals surface area contributed by atoms with Crippen LogP contribution in [-0.2, 0) is 56.5 Å². The molecule has 1 heterocycles. The molecule has 1 aliphatic rings. The molecule has 5 atom stereocenters. The molecule has 7 nitrogen and oxygen atoms in total. The van der Waals surface area contributed by atoms with Crippen molar-refractivity contribution in [2.45, 2.75) is 70.3 Å². The van der Waals surface area contributed by atoms with Crippen LogP contribution in [0.15, 0.2) is 156 Å². The zero-order valence-electron chi connectivity index (χ0n) is 34.2. The van der Waals surface area contributed by atoms with Crippen LogP contribution in [0.1, 0.15) is 52.0 Å². The third-order valence-electron chi connectivity index (χ3n) is 10.4. The van der Waals surface area contributed by atoms with Gasteiger partial charge in [-0.25, -0.2) is 0 Å². The molecule has 5 unspecified atom stereocenters. The van der Waals surface area contributed by atoms with Gasteiger partial charge in [0, 0.05) is 5.56 Å². The fourth-order valence-corrected chi connectivity index (χ4v) is 8.54. The molecule has 1 saturated heterocycles. The van der Waals surface area contributed by atoms with Gasteiger partial charge >= 0.3 is 0 Å². The van der Waals surface area contributed by atoms with Crippen molar-refractivity contribution >= 4 is 39.1 Å². The minimum absolute atomic E-state index is 0.224. The second kappa shape index (κ2) is 23.3. The molecule has 10 heteroatoms. The predicted molar refractivity (Wildman–Crippen MR) is 245 cm³/mol. The summed E-state index contributed by atoms with van der Waals surface area (Å²) in [5.74, 6) is 1.56. The third kappa shape index (κ3) is 12.5. The summed E-state index contributed by atoms with van der Waals surface area (Å²) in [4.78, 5) is 0. The molecule has 6 aromatic carbocycles. The van der Waals surface area contributed by atoms with E-state index < -0.39 is 30.5 Å². The molecule has 0 bridgehead atoms. The number of hydrogen-bond acceptors (Lipinski definition) is 7. The van der Waals surface area contributed by atoms with Gasteiger partial charge in [-0.2, -0.15) is 0 Å². The highest BCUT2D eigenvalue weighted by Crippen LogP contribution is 2.47. The highest BCUT2D eigenvalue weighted by atomic mass is 79.9. The van der Waals surface area contributed by atoms with Crippen LogP contribution in [0.3, 0.4) is 0 Å². The Kier molecular flexibility index (Phi) is 17.1. The van der Waals surface area contributed by atoms with E-state index in [1.807, 2.05) is 128 Å². The molecule has 7 rings (SSSR count). The molecule has 0 N–H and O–H groups in total. The number of alkyl halides is 1. The smallest absolute Gasteiger partial charge is 0.152 e. The van der Waals surface area contributed by atoms with Crippen molar-refractivity contribution in [3.05, 3.63) is 200 Å². The van der Waals surface area contributed by atoms with Crippen LogP contribution in [-0.4, -0.2) is 50.1 Å². The maximum atomic E-state index is 7.30. The molecule has 0 saturated carbocycles. The predicted octanol–water partition coefficient (Wildman–Crippen LogP) is 12.1. The van der Waals surface area contributed by atoms with E-state index in [0.717, 1.165) is 44.7 Å². The van der Waals surface area contributed by atoms with Gasteiger partial charge in [0.25, 0.3) is 0 Å². The van der Waals surface area contributed by atoms with Gasteiger partial charge < -0.3 is 33.2 Å². The van der Waals surface area contributed by atoms with Crippen LogP contribution in [0.4, 0.5) is 0 Å². The first kappa shape index (κ1) is 44.8. The fourth-order valence-electron chi connectivity index (χ4n) is 7.42. The molecule has 0 aliphatic carbocycles. The Hall–Kier alpha value is -4.22. The summed E-state index contributed by atoms with van der Waals surface area (Å²) in [7, 11) is 0. The Morgan fingerprint density at radius 3 is 1.62 bits per heavy atom. The largest absolute Gasteiger partial charge is 0.494 e. The van der Waals surface area contributed by atoms with Crippen molar-refractivity contribution in [2.75, 3.05) is 25.7 Å². The maximum Gasteiger partial charge on any atom is 0.152 e. The van der Waals surface area contributed by atoms with Crippen LogP contribution in [0.5, 0.6) is 11.5 Å². The molecule has 318 valence electrons. The van der Waals surface area contributed by atoms with E-state index in [-0.39, 0.29) is 19.1 Å².